The van der Waals surface area contributed by atoms with E-state index in [1.165, 1.54) is 13.8 Å². The van der Waals surface area contributed by atoms with E-state index in [1.54, 1.807) is 24.3 Å². The Morgan fingerprint density at radius 1 is 1.00 bits per heavy atom. The van der Waals surface area contributed by atoms with Gasteiger partial charge in [0.25, 0.3) is 5.91 Å². The maximum absolute atomic E-state index is 12.5. The maximum Gasteiger partial charge on any atom is 0.329 e. The number of hydrogen-bond acceptors (Lipinski definition) is 6. The first-order valence-corrected chi connectivity index (χ1v) is 9.64. The van der Waals surface area contributed by atoms with E-state index in [-0.39, 0.29) is 17.7 Å². The topological polar surface area (TPSA) is 122 Å². The molecule has 9 heteroatoms. The zero-order chi connectivity index (χ0) is 21.8. The van der Waals surface area contributed by atoms with Crippen molar-refractivity contribution in [1.82, 2.24) is 4.90 Å². The Morgan fingerprint density at radius 2 is 1.50 bits per heavy atom. The number of hydrogen-bond donors (Lipinski definition) is 2. The second-order valence-corrected chi connectivity index (χ2v) is 7.29. The van der Waals surface area contributed by atoms with Gasteiger partial charge in [0.1, 0.15) is 6.04 Å². The summed E-state index contributed by atoms with van der Waals surface area (Å²) < 4.78 is 5.01. The molecule has 3 rings (SSSR count). The standard InChI is InChI=1S/C21H23N3O6/c1-12(24-19(27)16-5-3-4-6-17(16)20(24)28)21(29)30-11-18(26)23-15-9-7-14(8-10-15)22-13(2)25/h3-4,7-10,12,16-17H,5-6,11H2,1-2H3,(H,22,25)(H,23,26)/t12-,16+,17+/m0/s1. The molecular weight excluding hydrogens is 390 g/mol. The average molecular weight is 413 g/mol. The van der Waals surface area contributed by atoms with Gasteiger partial charge in [0.05, 0.1) is 11.8 Å². The molecule has 0 aromatic heterocycles. The number of anilines is 2. The van der Waals surface area contributed by atoms with Crippen LogP contribution in [0, 0.1) is 11.8 Å². The van der Waals surface area contributed by atoms with Crippen LogP contribution in [-0.2, 0) is 28.7 Å². The molecule has 3 atom stereocenters. The van der Waals surface area contributed by atoms with Gasteiger partial charge in [-0.3, -0.25) is 24.1 Å². The van der Waals surface area contributed by atoms with Crippen LogP contribution < -0.4 is 10.6 Å². The molecule has 0 saturated carbocycles. The summed E-state index contributed by atoms with van der Waals surface area (Å²) in [6, 6.07) is 5.31. The summed E-state index contributed by atoms with van der Waals surface area (Å²) in [4.78, 5) is 61.4. The minimum Gasteiger partial charge on any atom is -0.454 e. The number of fused-ring (bicyclic) bond motifs is 1. The number of carbonyl (C=O) groups excluding carboxylic acids is 5. The fourth-order valence-corrected chi connectivity index (χ4v) is 3.61. The van der Waals surface area contributed by atoms with Crippen LogP contribution in [0.3, 0.4) is 0 Å². The molecule has 30 heavy (non-hydrogen) atoms. The second kappa shape index (κ2) is 8.89. The lowest BCUT2D eigenvalue weighted by molar-refractivity contribution is -0.159. The third-order valence-corrected chi connectivity index (χ3v) is 5.10. The van der Waals surface area contributed by atoms with Crippen LogP contribution in [0.15, 0.2) is 36.4 Å². The molecule has 1 aliphatic carbocycles. The van der Waals surface area contributed by atoms with Gasteiger partial charge < -0.3 is 15.4 Å². The molecular formula is C21H23N3O6. The maximum atomic E-state index is 12.5. The Kier molecular flexibility index (Phi) is 6.29. The van der Waals surface area contributed by atoms with Crippen LogP contribution in [0.4, 0.5) is 11.4 Å². The molecule has 1 saturated heterocycles. The van der Waals surface area contributed by atoms with Crippen LogP contribution in [0.2, 0.25) is 0 Å². The predicted molar refractivity (Wildman–Crippen MR) is 107 cm³/mol. The van der Waals surface area contributed by atoms with Gasteiger partial charge in [-0.25, -0.2) is 4.79 Å². The highest BCUT2D eigenvalue weighted by Crippen LogP contribution is 2.36. The van der Waals surface area contributed by atoms with Gasteiger partial charge in [-0.1, -0.05) is 12.2 Å². The summed E-state index contributed by atoms with van der Waals surface area (Å²) in [5.74, 6) is -3.20. The Morgan fingerprint density at radius 3 is 2.00 bits per heavy atom. The highest BCUT2D eigenvalue weighted by molar-refractivity contribution is 6.08. The van der Waals surface area contributed by atoms with Crippen LogP contribution >= 0.6 is 0 Å². The molecule has 1 aromatic carbocycles. The number of amides is 4. The van der Waals surface area contributed by atoms with Crippen LogP contribution in [0.1, 0.15) is 26.7 Å². The molecule has 1 heterocycles. The summed E-state index contributed by atoms with van der Waals surface area (Å²) >= 11 is 0. The molecule has 9 nitrogen and oxygen atoms in total. The number of nitrogens with one attached hydrogen (secondary N) is 2. The number of likely N-dealkylation sites (tertiary alicyclic amines) is 1. The zero-order valence-corrected chi connectivity index (χ0v) is 16.7. The van der Waals surface area contributed by atoms with Gasteiger partial charge in [-0.2, -0.15) is 0 Å². The van der Waals surface area contributed by atoms with Crippen LogP contribution in [0.5, 0.6) is 0 Å². The number of allylic oxidation sites excluding steroid dienone is 2. The molecule has 0 unspecified atom stereocenters. The Hall–Kier alpha value is -3.49. The van der Waals surface area contributed by atoms with Crippen molar-refractivity contribution in [3.8, 4) is 0 Å². The van der Waals surface area contributed by atoms with Gasteiger partial charge in [0.2, 0.25) is 17.7 Å². The molecule has 0 bridgehead atoms. The van der Waals surface area contributed by atoms with E-state index in [1.807, 2.05) is 12.2 Å². The summed E-state index contributed by atoms with van der Waals surface area (Å²) in [5, 5.41) is 5.17. The average Bonchev–Trinajstić information content (AvgIpc) is 2.97. The highest BCUT2D eigenvalue weighted by atomic mass is 16.5. The Balaban J connectivity index is 1.51. The molecule has 4 amide bonds. The van der Waals surface area contributed by atoms with Gasteiger partial charge in [-0.05, 0) is 44.0 Å². The molecule has 1 aromatic rings. The lowest BCUT2D eigenvalue weighted by Gasteiger charge is -2.21. The lowest BCUT2D eigenvalue weighted by atomic mass is 9.85. The summed E-state index contributed by atoms with van der Waals surface area (Å²) in [6.45, 7) is 2.25. The molecule has 0 spiro atoms. The van der Waals surface area contributed by atoms with Crippen molar-refractivity contribution in [2.45, 2.75) is 32.7 Å². The van der Waals surface area contributed by atoms with Crippen LogP contribution in [-0.4, -0.2) is 47.1 Å². The number of carbonyl (C=O) groups is 5. The van der Waals surface area contributed by atoms with Crippen molar-refractivity contribution >= 4 is 41.0 Å². The quantitative estimate of drug-likeness (QED) is 0.414. The number of rotatable bonds is 6. The fourth-order valence-electron chi connectivity index (χ4n) is 3.61. The molecule has 1 fully saturated rings. The van der Waals surface area contributed by atoms with Crippen molar-refractivity contribution in [2.75, 3.05) is 17.2 Å². The van der Waals surface area contributed by atoms with Crippen molar-refractivity contribution < 1.29 is 28.7 Å². The molecule has 2 N–H and O–H groups in total. The van der Waals surface area contributed by atoms with Gasteiger partial charge >= 0.3 is 5.97 Å². The largest absolute Gasteiger partial charge is 0.454 e. The number of benzene rings is 1. The Bertz CT molecular complexity index is 882. The number of ether oxygens (including phenoxy) is 1. The van der Waals surface area contributed by atoms with E-state index >= 15 is 0 Å². The van der Waals surface area contributed by atoms with Crippen molar-refractivity contribution in [1.29, 1.82) is 0 Å². The summed E-state index contributed by atoms with van der Waals surface area (Å²) in [5.41, 5.74) is 1.04. The monoisotopic (exact) mass is 413 g/mol. The van der Waals surface area contributed by atoms with Crippen molar-refractivity contribution in [3.05, 3.63) is 36.4 Å². The highest BCUT2D eigenvalue weighted by Gasteiger charge is 2.50. The van der Waals surface area contributed by atoms with Gasteiger partial charge in [-0.15, -0.1) is 0 Å². The number of esters is 1. The SMILES string of the molecule is CC(=O)Nc1ccc(NC(=O)COC(=O)[C@H](C)N2C(=O)[C@@H]3CC=CC[C@H]3C2=O)cc1. The first-order chi connectivity index (χ1) is 14.3. The van der Waals surface area contributed by atoms with E-state index in [2.05, 4.69) is 10.6 Å². The molecule has 158 valence electrons. The second-order valence-electron chi connectivity index (χ2n) is 7.29. The van der Waals surface area contributed by atoms with E-state index in [0.717, 1.165) is 4.90 Å². The third kappa shape index (κ3) is 4.56. The van der Waals surface area contributed by atoms with Crippen molar-refractivity contribution in [3.63, 3.8) is 0 Å². The fraction of sp³-hybridized carbons (Fsp3) is 0.381. The zero-order valence-electron chi connectivity index (χ0n) is 16.7. The first kappa shape index (κ1) is 21.2. The van der Waals surface area contributed by atoms with Gasteiger partial charge in [0.15, 0.2) is 6.61 Å². The van der Waals surface area contributed by atoms with E-state index < -0.39 is 36.4 Å². The minimum atomic E-state index is -1.10. The number of nitrogens with zero attached hydrogens (tertiary/aromatic N) is 1. The van der Waals surface area contributed by atoms with E-state index in [0.29, 0.717) is 24.2 Å². The predicted octanol–water partition coefficient (Wildman–Crippen LogP) is 1.47. The summed E-state index contributed by atoms with van der Waals surface area (Å²) in [7, 11) is 0. The lowest BCUT2D eigenvalue weighted by Crippen LogP contribution is -2.45. The molecule has 0 radical (unpaired) electrons. The smallest absolute Gasteiger partial charge is 0.329 e. The van der Waals surface area contributed by atoms with Crippen molar-refractivity contribution in [2.24, 2.45) is 11.8 Å². The first-order valence-electron chi connectivity index (χ1n) is 9.64. The normalized spacial score (nSPS) is 21.1. The Labute approximate surface area is 173 Å². The summed E-state index contributed by atoms with van der Waals surface area (Å²) in [6.07, 6.45) is 4.70. The van der Waals surface area contributed by atoms with E-state index in [9.17, 15) is 24.0 Å². The molecule has 2 aliphatic rings. The van der Waals surface area contributed by atoms with Gasteiger partial charge in [0, 0.05) is 18.3 Å². The minimum absolute atomic E-state index is 0.210. The number of imide groups is 1. The third-order valence-electron chi connectivity index (χ3n) is 5.10. The van der Waals surface area contributed by atoms with Crippen LogP contribution in [0.25, 0.3) is 0 Å². The van der Waals surface area contributed by atoms with E-state index in [4.69, 9.17) is 4.74 Å². The molecule has 1 aliphatic heterocycles.